The molecule has 106 valence electrons. The lowest BCUT2D eigenvalue weighted by Gasteiger charge is -1.99. The van der Waals surface area contributed by atoms with E-state index in [4.69, 9.17) is 0 Å². The molecule has 2 heterocycles. The molecule has 0 unspecified atom stereocenters. The highest BCUT2D eigenvalue weighted by atomic mass is 32.1. The second-order valence-electron chi connectivity index (χ2n) is 4.20. The Hall–Kier alpha value is -1.60. The molecule has 2 aromatic rings. The van der Waals surface area contributed by atoms with Crippen LogP contribution in [0.1, 0.15) is 40.9 Å². The van der Waals surface area contributed by atoms with Crippen molar-refractivity contribution in [3.8, 4) is 0 Å². The Morgan fingerprint density at radius 2 is 2.15 bits per heavy atom. The molecule has 0 aliphatic rings. The van der Waals surface area contributed by atoms with Crippen LogP contribution in [-0.4, -0.2) is 21.9 Å². The van der Waals surface area contributed by atoms with Gasteiger partial charge in [-0.25, -0.2) is 0 Å². The third-order valence-electron chi connectivity index (χ3n) is 2.55. The van der Waals surface area contributed by atoms with E-state index >= 15 is 0 Å². The minimum atomic E-state index is -0.200. The summed E-state index contributed by atoms with van der Waals surface area (Å²) in [5.41, 5.74) is 0. The second-order valence-corrected chi connectivity index (χ2v) is 6.21. The summed E-state index contributed by atoms with van der Waals surface area (Å²) in [6.45, 7) is 2.07. The summed E-state index contributed by atoms with van der Waals surface area (Å²) in [6, 6.07) is 3.60. The smallest absolute Gasteiger partial charge is 0.226 e. The Morgan fingerprint density at radius 1 is 1.30 bits per heavy atom. The first-order valence-electron chi connectivity index (χ1n) is 6.38. The van der Waals surface area contributed by atoms with Crippen molar-refractivity contribution in [3.05, 3.63) is 27.4 Å². The van der Waals surface area contributed by atoms with Gasteiger partial charge in [-0.2, -0.15) is 0 Å². The molecule has 1 N–H and O–H groups in total. The van der Waals surface area contributed by atoms with Gasteiger partial charge in [0.2, 0.25) is 11.0 Å². The minimum absolute atomic E-state index is 0.000846. The molecular weight excluding hydrogens is 294 g/mol. The number of ketones is 1. The fourth-order valence-electron chi connectivity index (χ4n) is 1.59. The second kappa shape index (κ2) is 7.25. The first kappa shape index (κ1) is 14.8. The Balaban J connectivity index is 1.78. The molecule has 0 saturated carbocycles. The average Bonchev–Trinajstić information content (AvgIpc) is 3.08. The van der Waals surface area contributed by atoms with Crippen molar-refractivity contribution in [1.29, 1.82) is 0 Å². The van der Waals surface area contributed by atoms with Gasteiger partial charge in [-0.05, 0) is 17.9 Å². The number of amides is 1. The van der Waals surface area contributed by atoms with Crippen LogP contribution >= 0.6 is 22.7 Å². The maximum absolute atomic E-state index is 11.8. The lowest BCUT2D eigenvalue weighted by Crippen LogP contribution is -2.13. The molecule has 0 aromatic carbocycles. The van der Waals surface area contributed by atoms with Crippen LogP contribution in [0.4, 0.5) is 5.13 Å². The van der Waals surface area contributed by atoms with E-state index in [0.717, 1.165) is 17.8 Å². The molecule has 2 aromatic heterocycles. The predicted octanol–water partition coefficient (Wildman–Crippen LogP) is 3.15. The molecule has 0 aliphatic heterocycles. The van der Waals surface area contributed by atoms with Crippen LogP contribution in [0, 0.1) is 0 Å². The molecule has 5 nitrogen and oxygen atoms in total. The molecule has 1 amide bonds. The Labute approximate surface area is 125 Å². The molecular formula is C13H15N3O2S2. The van der Waals surface area contributed by atoms with E-state index in [0.29, 0.717) is 10.0 Å². The first-order chi connectivity index (χ1) is 9.69. The number of thiophene rings is 1. The maximum Gasteiger partial charge on any atom is 0.226 e. The van der Waals surface area contributed by atoms with Crippen molar-refractivity contribution in [3.63, 3.8) is 0 Å². The molecule has 0 aliphatic carbocycles. The van der Waals surface area contributed by atoms with Gasteiger partial charge in [-0.1, -0.05) is 24.3 Å². The molecule has 0 saturated heterocycles. The van der Waals surface area contributed by atoms with E-state index in [1.54, 1.807) is 6.07 Å². The Kier molecular flexibility index (Phi) is 5.37. The fourth-order valence-corrected chi connectivity index (χ4v) is 3.14. The number of aryl methyl sites for hydroxylation is 1. The number of aromatic nitrogens is 2. The zero-order chi connectivity index (χ0) is 14.4. The SMILES string of the molecule is CCCc1nnc(NC(=O)CCC(=O)c2cccs2)s1. The summed E-state index contributed by atoms with van der Waals surface area (Å²) in [6.07, 6.45) is 2.24. The van der Waals surface area contributed by atoms with Gasteiger partial charge in [-0.15, -0.1) is 21.5 Å². The topological polar surface area (TPSA) is 72.0 Å². The monoisotopic (exact) mass is 309 g/mol. The molecule has 20 heavy (non-hydrogen) atoms. The van der Waals surface area contributed by atoms with Crippen molar-refractivity contribution < 1.29 is 9.59 Å². The van der Waals surface area contributed by atoms with Gasteiger partial charge in [0.1, 0.15) is 5.01 Å². The van der Waals surface area contributed by atoms with Crippen molar-refractivity contribution in [2.24, 2.45) is 0 Å². The highest BCUT2D eigenvalue weighted by molar-refractivity contribution is 7.15. The Morgan fingerprint density at radius 3 is 2.85 bits per heavy atom. The van der Waals surface area contributed by atoms with Gasteiger partial charge in [-0.3, -0.25) is 9.59 Å². The number of nitrogens with zero attached hydrogens (tertiary/aromatic N) is 2. The van der Waals surface area contributed by atoms with Gasteiger partial charge >= 0.3 is 0 Å². The number of hydrogen-bond acceptors (Lipinski definition) is 6. The van der Waals surface area contributed by atoms with Crippen molar-refractivity contribution in [1.82, 2.24) is 10.2 Å². The van der Waals surface area contributed by atoms with Gasteiger partial charge < -0.3 is 5.32 Å². The summed E-state index contributed by atoms with van der Waals surface area (Å²) < 4.78 is 0. The number of nitrogens with one attached hydrogen (secondary N) is 1. The third-order valence-corrected chi connectivity index (χ3v) is 4.36. The van der Waals surface area contributed by atoms with E-state index < -0.39 is 0 Å². The van der Waals surface area contributed by atoms with Crippen LogP contribution in [0.5, 0.6) is 0 Å². The highest BCUT2D eigenvalue weighted by Crippen LogP contribution is 2.17. The average molecular weight is 309 g/mol. The van der Waals surface area contributed by atoms with E-state index in [9.17, 15) is 9.59 Å². The van der Waals surface area contributed by atoms with Crippen LogP contribution in [0.25, 0.3) is 0 Å². The number of carbonyl (C=O) groups is 2. The van der Waals surface area contributed by atoms with Crippen molar-refractivity contribution in [2.75, 3.05) is 5.32 Å². The Bertz CT molecular complexity index is 578. The predicted molar refractivity (Wildman–Crippen MR) is 80.4 cm³/mol. The van der Waals surface area contributed by atoms with Crippen LogP contribution in [0.3, 0.4) is 0 Å². The van der Waals surface area contributed by atoms with Gasteiger partial charge in [0.05, 0.1) is 4.88 Å². The van der Waals surface area contributed by atoms with E-state index in [-0.39, 0.29) is 24.5 Å². The highest BCUT2D eigenvalue weighted by Gasteiger charge is 2.12. The van der Waals surface area contributed by atoms with E-state index in [2.05, 4.69) is 22.4 Å². The molecule has 0 radical (unpaired) electrons. The quantitative estimate of drug-likeness (QED) is 0.797. The van der Waals surface area contributed by atoms with Crippen molar-refractivity contribution in [2.45, 2.75) is 32.6 Å². The van der Waals surface area contributed by atoms with E-state index in [1.165, 1.54) is 22.7 Å². The largest absolute Gasteiger partial charge is 0.301 e. The number of anilines is 1. The van der Waals surface area contributed by atoms with Crippen LogP contribution in [-0.2, 0) is 11.2 Å². The normalized spacial score (nSPS) is 10.4. The zero-order valence-corrected chi connectivity index (χ0v) is 12.7. The first-order valence-corrected chi connectivity index (χ1v) is 8.07. The number of rotatable bonds is 7. The number of carbonyl (C=O) groups excluding carboxylic acids is 2. The molecule has 2 rings (SSSR count). The number of hydrogen-bond donors (Lipinski definition) is 1. The molecule has 0 atom stereocenters. The van der Waals surface area contributed by atoms with Crippen LogP contribution in [0.2, 0.25) is 0 Å². The third kappa shape index (κ3) is 4.21. The zero-order valence-electron chi connectivity index (χ0n) is 11.1. The van der Waals surface area contributed by atoms with E-state index in [1.807, 2.05) is 11.4 Å². The summed E-state index contributed by atoms with van der Waals surface area (Å²) in [5, 5.41) is 13.8. The molecule has 7 heteroatoms. The van der Waals surface area contributed by atoms with Crippen LogP contribution < -0.4 is 5.32 Å². The standard InChI is InChI=1S/C13H15N3O2S2/c1-2-4-12-15-16-13(20-12)14-11(18)7-6-9(17)10-5-3-8-19-10/h3,5,8H,2,4,6-7H2,1H3,(H,14,16,18). The summed E-state index contributed by atoms with van der Waals surface area (Å²) in [5.74, 6) is -0.201. The summed E-state index contributed by atoms with van der Waals surface area (Å²) in [7, 11) is 0. The molecule has 0 fully saturated rings. The lowest BCUT2D eigenvalue weighted by molar-refractivity contribution is -0.116. The van der Waals surface area contributed by atoms with Gasteiger partial charge in [0.15, 0.2) is 5.78 Å². The van der Waals surface area contributed by atoms with Crippen molar-refractivity contribution >= 4 is 39.5 Å². The molecule has 0 bridgehead atoms. The fraction of sp³-hybridized carbons (Fsp3) is 0.385. The van der Waals surface area contributed by atoms with Gasteiger partial charge in [0, 0.05) is 19.3 Å². The number of Topliss-reactive ketones (excluding diaryl/α,β-unsaturated/α-hetero) is 1. The summed E-state index contributed by atoms with van der Waals surface area (Å²) in [4.78, 5) is 24.2. The summed E-state index contributed by atoms with van der Waals surface area (Å²) >= 11 is 2.77. The maximum atomic E-state index is 11.8. The van der Waals surface area contributed by atoms with Crippen LogP contribution in [0.15, 0.2) is 17.5 Å². The van der Waals surface area contributed by atoms with Gasteiger partial charge in [0.25, 0.3) is 0 Å². The lowest BCUT2D eigenvalue weighted by atomic mass is 10.2. The molecule has 0 spiro atoms. The minimum Gasteiger partial charge on any atom is -0.301 e.